The molecule has 1 amide bonds. The molecule has 0 bridgehead atoms. The number of cyclic esters (lactones) is 1. The van der Waals surface area contributed by atoms with Gasteiger partial charge in [0.15, 0.2) is 0 Å². The van der Waals surface area contributed by atoms with Crippen molar-refractivity contribution in [1.29, 1.82) is 0 Å². The first-order valence-corrected chi connectivity index (χ1v) is 13.3. The van der Waals surface area contributed by atoms with Crippen molar-refractivity contribution in [2.24, 2.45) is 0 Å². The van der Waals surface area contributed by atoms with Gasteiger partial charge in [0.2, 0.25) is 5.95 Å². The molecule has 1 fully saturated rings. The van der Waals surface area contributed by atoms with E-state index in [0.29, 0.717) is 25.3 Å². The van der Waals surface area contributed by atoms with E-state index >= 15 is 0 Å². The molecule has 0 radical (unpaired) electrons. The third kappa shape index (κ3) is 5.56. The second-order valence-electron chi connectivity index (χ2n) is 11.0. The van der Waals surface area contributed by atoms with Crippen LogP contribution in [0.25, 0.3) is 17.1 Å². The molecule has 2 aromatic heterocycles. The normalized spacial score (nSPS) is 18.6. The molecular weight excluding hydrogens is 490 g/mol. The average Bonchev–Trinajstić information content (AvgIpc) is 3.26. The largest absolute Gasteiger partial charge is 0.438 e. The van der Waals surface area contributed by atoms with Crippen LogP contribution in [0, 0.1) is 13.8 Å². The highest BCUT2D eigenvalue weighted by molar-refractivity contribution is 5.70. The number of hydrogen-bond donors (Lipinski definition) is 1. The molecule has 8 nitrogen and oxygen atoms in total. The van der Waals surface area contributed by atoms with Crippen molar-refractivity contribution in [2.75, 3.05) is 6.54 Å². The lowest BCUT2D eigenvalue weighted by atomic mass is 9.80. The lowest BCUT2D eigenvalue weighted by molar-refractivity contribution is -0.101. The maximum absolute atomic E-state index is 13.3. The van der Waals surface area contributed by atoms with Gasteiger partial charge in [-0.15, -0.1) is 0 Å². The highest BCUT2D eigenvalue weighted by atomic mass is 16.6. The zero-order valence-electron chi connectivity index (χ0n) is 23.1. The van der Waals surface area contributed by atoms with Gasteiger partial charge in [0.25, 0.3) is 0 Å². The van der Waals surface area contributed by atoms with Gasteiger partial charge < -0.3 is 14.7 Å². The maximum atomic E-state index is 13.3. The Labute approximate surface area is 229 Å². The summed E-state index contributed by atoms with van der Waals surface area (Å²) in [4.78, 5) is 28.6. The van der Waals surface area contributed by atoms with Gasteiger partial charge in [-0.1, -0.05) is 54.6 Å². The van der Waals surface area contributed by atoms with Crippen LogP contribution in [0.2, 0.25) is 0 Å². The van der Waals surface area contributed by atoms with E-state index in [1.807, 2.05) is 98.5 Å². The van der Waals surface area contributed by atoms with E-state index in [0.717, 1.165) is 33.8 Å². The summed E-state index contributed by atoms with van der Waals surface area (Å²) in [6.45, 7) is 9.90. The van der Waals surface area contributed by atoms with Crippen molar-refractivity contribution in [3.63, 3.8) is 0 Å². The van der Waals surface area contributed by atoms with Crippen molar-refractivity contribution in [3.8, 4) is 17.1 Å². The first-order valence-electron chi connectivity index (χ1n) is 13.3. The van der Waals surface area contributed by atoms with Crippen LogP contribution >= 0.6 is 0 Å². The van der Waals surface area contributed by atoms with Gasteiger partial charge in [0.1, 0.15) is 11.4 Å². The van der Waals surface area contributed by atoms with Crippen LogP contribution in [0.4, 0.5) is 4.79 Å². The quantitative estimate of drug-likeness (QED) is 0.323. The fraction of sp³-hybridized carbons (Fsp3) is 0.355. The van der Waals surface area contributed by atoms with E-state index in [9.17, 15) is 9.90 Å². The van der Waals surface area contributed by atoms with E-state index in [4.69, 9.17) is 4.74 Å². The number of nitrogens with zero attached hydrogens (tertiary/aromatic N) is 5. The highest BCUT2D eigenvalue weighted by Crippen LogP contribution is 2.42. The van der Waals surface area contributed by atoms with Gasteiger partial charge in [-0.25, -0.2) is 19.7 Å². The van der Waals surface area contributed by atoms with Crippen LogP contribution in [0.15, 0.2) is 73.2 Å². The molecule has 2 aromatic carbocycles. The lowest BCUT2D eigenvalue weighted by Gasteiger charge is -2.45. The number of rotatable bonds is 7. The number of ether oxygens (including phenoxy) is 1. The number of amides is 1. The molecule has 5 rings (SSSR count). The fourth-order valence-corrected chi connectivity index (χ4v) is 5.44. The topological polar surface area (TPSA) is 93.4 Å². The average molecular weight is 526 g/mol. The summed E-state index contributed by atoms with van der Waals surface area (Å²) >= 11 is 0. The van der Waals surface area contributed by atoms with Gasteiger partial charge in [-0.2, -0.15) is 0 Å². The smallest absolute Gasteiger partial charge is 0.411 e. The Kier molecular flexibility index (Phi) is 6.99. The zero-order chi connectivity index (χ0) is 27.8. The predicted octanol–water partition coefficient (Wildman–Crippen LogP) is 5.91. The summed E-state index contributed by atoms with van der Waals surface area (Å²) in [5, 5.41) is 10.6. The summed E-state index contributed by atoms with van der Waals surface area (Å²) in [6, 6.07) is 17.7. The third-order valence-corrected chi connectivity index (χ3v) is 7.34. The Morgan fingerprint density at radius 1 is 1.03 bits per heavy atom. The number of benzene rings is 2. The van der Waals surface area contributed by atoms with Crippen LogP contribution in [-0.4, -0.2) is 47.8 Å². The van der Waals surface area contributed by atoms with Crippen molar-refractivity contribution in [3.05, 3.63) is 95.8 Å². The Morgan fingerprint density at radius 3 is 2.26 bits per heavy atom. The minimum Gasteiger partial charge on any atom is -0.438 e. The Morgan fingerprint density at radius 2 is 1.69 bits per heavy atom. The first-order chi connectivity index (χ1) is 18.5. The molecule has 2 atom stereocenters. The number of carbonyl (C=O) groups is 1. The molecule has 0 spiro atoms. The molecular formula is C31H35N5O3. The zero-order valence-corrected chi connectivity index (χ0v) is 23.1. The van der Waals surface area contributed by atoms with Gasteiger partial charge in [0, 0.05) is 43.5 Å². The molecule has 0 unspecified atom stereocenters. The van der Waals surface area contributed by atoms with E-state index in [2.05, 4.69) is 15.0 Å². The minimum atomic E-state index is -0.988. The molecule has 1 saturated heterocycles. The number of aryl methyl sites for hydroxylation is 2. The van der Waals surface area contributed by atoms with E-state index in [1.54, 1.807) is 18.7 Å². The molecule has 1 aliphatic heterocycles. The van der Waals surface area contributed by atoms with Crippen LogP contribution in [-0.2, 0) is 10.3 Å². The summed E-state index contributed by atoms with van der Waals surface area (Å²) in [5.41, 5.74) is 2.88. The van der Waals surface area contributed by atoms with Gasteiger partial charge in [-0.05, 0) is 51.3 Å². The third-order valence-electron chi connectivity index (χ3n) is 7.34. The van der Waals surface area contributed by atoms with E-state index in [1.165, 1.54) is 0 Å². The second kappa shape index (κ2) is 10.3. The van der Waals surface area contributed by atoms with E-state index < -0.39 is 11.2 Å². The van der Waals surface area contributed by atoms with Crippen molar-refractivity contribution < 1.29 is 14.6 Å². The van der Waals surface area contributed by atoms with Gasteiger partial charge in [0.05, 0.1) is 17.3 Å². The summed E-state index contributed by atoms with van der Waals surface area (Å²) in [7, 11) is 0. The number of carbonyl (C=O) groups excluding carboxylic acids is 1. The molecule has 8 heteroatoms. The van der Waals surface area contributed by atoms with Crippen molar-refractivity contribution in [1.82, 2.24) is 24.4 Å². The summed E-state index contributed by atoms with van der Waals surface area (Å²) in [6.07, 6.45) is 6.08. The van der Waals surface area contributed by atoms with Gasteiger partial charge >= 0.3 is 6.09 Å². The van der Waals surface area contributed by atoms with Crippen LogP contribution in [0.1, 0.15) is 62.3 Å². The molecule has 0 aliphatic carbocycles. The van der Waals surface area contributed by atoms with E-state index in [-0.39, 0.29) is 12.1 Å². The monoisotopic (exact) mass is 525 g/mol. The van der Waals surface area contributed by atoms with Gasteiger partial charge in [-0.3, -0.25) is 4.57 Å². The van der Waals surface area contributed by atoms with Crippen LogP contribution < -0.4 is 0 Å². The molecule has 39 heavy (non-hydrogen) atoms. The number of hydrogen-bond acceptors (Lipinski definition) is 6. The minimum absolute atomic E-state index is 0.173. The number of aliphatic hydroxyl groups is 1. The molecule has 0 saturated carbocycles. The number of imidazole rings is 1. The standard InChI is InChI=1S/C31H35N5O3/c1-21-19-36(23(3)34-21)28-32-17-26(18-33-28)25-13-11-24(12-14-25)22(2)35-16-15-31(39-29(35)37,20-30(4,5)38)27-9-7-6-8-10-27/h6-14,17-19,22,38H,15-16,20H2,1-5H3/t22-,31-/m0/s1. The van der Waals surface area contributed by atoms with Crippen molar-refractivity contribution in [2.45, 2.75) is 64.7 Å². The van der Waals surface area contributed by atoms with Crippen LogP contribution in [0.5, 0.6) is 0 Å². The van der Waals surface area contributed by atoms with Crippen LogP contribution in [0.3, 0.4) is 0 Å². The first kappa shape index (κ1) is 26.6. The molecule has 1 aliphatic rings. The molecule has 3 heterocycles. The number of aromatic nitrogens is 4. The Hall–Kier alpha value is -4.04. The second-order valence-corrected chi connectivity index (χ2v) is 11.0. The molecule has 202 valence electrons. The predicted molar refractivity (Wildman–Crippen MR) is 149 cm³/mol. The Bertz CT molecular complexity index is 1440. The highest BCUT2D eigenvalue weighted by Gasteiger charge is 2.46. The summed E-state index contributed by atoms with van der Waals surface area (Å²) < 4.78 is 8.02. The molecule has 1 N–H and O–H groups in total. The Balaban J connectivity index is 1.31. The van der Waals surface area contributed by atoms with Crippen molar-refractivity contribution >= 4 is 6.09 Å². The maximum Gasteiger partial charge on any atom is 0.411 e. The fourth-order valence-electron chi connectivity index (χ4n) is 5.44. The summed E-state index contributed by atoms with van der Waals surface area (Å²) in [5.74, 6) is 1.43. The molecule has 4 aromatic rings. The SMILES string of the molecule is Cc1cn(-c2ncc(-c3ccc([C@H](C)N4CC[C@](CC(C)(C)O)(c5ccccc5)OC4=O)cc3)cn2)c(C)n1. The lowest BCUT2D eigenvalue weighted by Crippen LogP contribution is -2.51.